The van der Waals surface area contributed by atoms with Crippen LogP contribution >= 0.6 is 0 Å². The molecule has 0 unspecified atom stereocenters. The van der Waals surface area contributed by atoms with Gasteiger partial charge >= 0.3 is 0 Å². The average molecular weight is 259 g/mol. The smallest absolute Gasteiger partial charge is 0.270 e. The Bertz CT molecular complexity index is 509. The van der Waals surface area contributed by atoms with Crippen molar-refractivity contribution < 1.29 is 18.1 Å². The summed E-state index contributed by atoms with van der Waals surface area (Å²) < 4.78 is 28.5. The van der Waals surface area contributed by atoms with Crippen molar-refractivity contribution in [1.29, 1.82) is 0 Å². The van der Waals surface area contributed by atoms with E-state index in [1.165, 1.54) is 18.2 Å². The summed E-state index contributed by atoms with van der Waals surface area (Å²) in [5.74, 6) is -0.480. The molecular formula is C10H13NO5S. The van der Waals surface area contributed by atoms with Gasteiger partial charge in [0.1, 0.15) is 0 Å². The molecule has 0 amide bonds. The van der Waals surface area contributed by atoms with E-state index in [1.807, 2.05) is 0 Å². The zero-order chi connectivity index (χ0) is 13.1. The zero-order valence-electron chi connectivity index (χ0n) is 9.49. The molecule has 0 N–H and O–H groups in total. The van der Waals surface area contributed by atoms with Gasteiger partial charge < -0.3 is 4.74 Å². The van der Waals surface area contributed by atoms with E-state index in [0.717, 1.165) is 6.07 Å². The van der Waals surface area contributed by atoms with Gasteiger partial charge in [0, 0.05) is 12.1 Å². The summed E-state index contributed by atoms with van der Waals surface area (Å²) >= 11 is 0. The number of ether oxygens (including phenoxy) is 1. The minimum Gasteiger partial charge on any atom is -0.363 e. The molecule has 0 fully saturated rings. The second kappa shape index (κ2) is 5.24. The maximum absolute atomic E-state index is 11.8. The predicted octanol–water partition coefficient (Wildman–Crippen LogP) is 1.75. The SMILES string of the molecule is CC(C)OCS(=O)(=O)c1cccc([N+](=O)[O-])c1. The molecule has 0 bridgehead atoms. The highest BCUT2D eigenvalue weighted by Gasteiger charge is 2.18. The minimum absolute atomic E-state index is 0.104. The molecule has 17 heavy (non-hydrogen) atoms. The normalized spacial score (nSPS) is 11.7. The minimum atomic E-state index is -3.64. The molecule has 0 aliphatic rings. The third-order valence-corrected chi connectivity index (χ3v) is 3.36. The Morgan fingerprint density at radius 1 is 1.41 bits per heavy atom. The van der Waals surface area contributed by atoms with Crippen molar-refractivity contribution in [2.75, 3.05) is 5.94 Å². The molecule has 7 heteroatoms. The van der Waals surface area contributed by atoms with Gasteiger partial charge in [-0.05, 0) is 19.9 Å². The van der Waals surface area contributed by atoms with Crippen LogP contribution in [0.1, 0.15) is 13.8 Å². The zero-order valence-corrected chi connectivity index (χ0v) is 10.3. The molecule has 0 atom stereocenters. The highest BCUT2D eigenvalue weighted by Crippen LogP contribution is 2.18. The molecule has 1 aromatic rings. The summed E-state index contributed by atoms with van der Waals surface area (Å²) in [6.45, 7) is 3.42. The highest BCUT2D eigenvalue weighted by molar-refractivity contribution is 7.91. The fraction of sp³-hybridized carbons (Fsp3) is 0.400. The van der Waals surface area contributed by atoms with Gasteiger partial charge in [0.25, 0.3) is 5.69 Å². The number of rotatable bonds is 5. The Hall–Kier alpha value is -1.47. The van der Waals surface area contributed by atoms with E-state index in [9.17, 15) is 18.5 Å². The van der Waals surface area contributed by atoms with Crippen molar-refractivity contribution in [3.63, 3.8) is 0 Å². The van der Waals surface area contributed by atoms with Crippen LogP contribution in [0.5, 0.6) is 0 Å². The number of benzene rings is 1. The average Bonchev–Trinajstić information content (AvgIpc) is 2.27. The van der Waals surface area contributed by atoms with Crippen LogP contribution < -0.4 is 0 Å². The summed E-state index contributed by atoms with van der Waals surface area (Å²) in [6.07, 6.45) is -0.219. The first-order chi connectivity index (χ1) is 7.83. The van der Waals surface area contributed by atoms with Gasteiger partial charge in [0.15, 0.2) is 5.94 Å². The van der Waals surface area contributed by atoms with Crippen molar-refractivity contribution in [1.82, 2.24) is 0 Å². The number of sulfone groups is 1. The molecule has 0 heterocycles. The quantitative estimate of drug-likeness (QED) is 0.594. The number of nitro groups is 1. The third-order valence-electron chi connectivity index (χ3n) is 1.94. The Kier molecular flexibility index (Phi) is 4.19. The van der Waals surface area contributed by atoms with Crippen molar-refractivity contribution >= 4 is 15.5 Å². The van der Waals surface area contributed by atoms with Crippen LogP contribution in [-0.4, -0.2) is 25.4 Å². The summed E-state index contributed by atoms with van der Waals surface area (Å²) in [4.78, 5) is 9.78. The number of nitro benzene ring substituents is 1. The van der Waals surface area contributed by atoms with E-state index in [1.54, 1.807) is 13.8 Å². The van der Waals surface area contributed by atoms with Crippen molar-refractivity contribution in [2.24, 2.45) is 0 Å². The largest absolute Gasteiger partial charge is 0.363 e. The van der Waals surface area contributed by atoms with E-state index in [0.29, 0.717) is 0 Å². The molecule has 0 aromatic heterocycles. The van der Waals surface area contributed by atoms with E-state index in [4.69, 9.17) is 4.74 Å². The molecule has 1 rings (SSSR count). The number of nitrogens with zero attached hydrogens (tertiary/aromatic N) is 1. The van der Waals surface area contributed by atoms with Crippen LogP contribution in [0, 0.1) is 10.1 Å². The molecule has 94 valence electrons. The first kappa shape index (κ1) is 13.6. The van der Waals surface area contributed by atoms with E-state index in [-0.39, 0.29) is 16.7 Å². The lowest BCUT2D eigenvalue weighted by molar-refractivity contribution is -0.385. The molecule has 6 nitrogen and oxygen atoms in total. The van der Waals surface area contributed by atoms with Crippen LogP contribution in [0.2, 0.25) is 0 Å². The Morgan fingerprint density at radius 3 is 2.59 bits per heavy atom. The number of hydrogen-bond donors (Lipinski definition) is 0. The molecular weight excluding hydrogens is 246 g/mol. The lowest BCUT2D eigenvalue weighted by Crippen LogP contribution is -2.14. The first-order valence-electron chi connectivity index (χ1n) is 4.92. The summed E-state index contributed by atoms with van der Waals surface area (Å²) in [5.41, 5.74) is -0.254. The third kappa shape index (κ3) is 3.79. The van der Waals surface area contributed by atoms with Gasteiger partial charge in [0.05, 0.1) is 15.9 Å². The molecule has 0 spiro atoms. The standard InChI is InChI=1S/C10H13NO5S/c1-8(2)16-7-17(14,15)10-5-3-4-9(6-10)11(12)13/h3-6,8H,7H2,1-2H3. The van der Waals surface area contributed by atoms with Gasteiger partial charge in [-0.15, -0.1) is 0 Å². The Labute approximate surface area is 99.3 Å². The molecule has 0 radical (unpaired) electrons. The van der Waals surface area contributed by atoms with Crippen LogP contribution in [0.4, 0.5) is 5.69 Å². The Morgan fingerprint density at radius 2 is 2.06 bits per heavy atom. The van der Waals surface area contributed by atoms with Crippen molar-refractivity contribution in [2.45, 2.75) is 24.8 Å². The van der Waals surface area contributed by atoms with Crippen LogP contribution in [0.3, 0.4) is 0 Å². The molecule has 0 aliphatic carbocycles. The highest BCUT2D eigenvalue weighted by atomic mass is 32.2. The van der Waals surface area contributed by atoms with E-state index >= 15 is 0 Å². The fourth-order valence-electron chi connectivity index (χ4n) is 1.08. The van der Waals surface area contributed by atoms with Gasteiger partial charge in [0.2, 0.25) is 9.84 Å². The second-order valence-electron chi connectivity index (χ2n) is 3.70. The van der Waals surface area contributed by atoms with Crippen molar-refractivity contribution in [3.8, 4) is 0 Å². The fourth-order valence-corrected chi connectivity index (χ4v) is 2.26. The van der Waals surface area contributed by atoms with Gasteiger partial charge in [-0.2, -0.15) is 0 Å². The lowest BCUT2D eigenvalue weighted by atomic mass is 10.3. The summed E-state index contributed by atoms with van der Waals surface area (Å²) in [6, 6.07) is 4.91. The van der Waals surface area contributed by atoms with E-state index in [2.05, 4.69) is 0 Å². The lowest BCUT2D eigenvalue weighted by Gasteiger charge is -2.08. The molecule has 0 saturated heterocycles. The van der Waals surface area contributed by atoms with Crippen LogP contribution in [0.25, 0.3) is 0 Å². The van der Waals surface area contributed by atoms with Gasteiger partial charge in [-0.25, -0.2) is 8.42 Å². The van der Waals surface area contributed by atoms with E-state index < -0.39 is 20.7 Å². The van der Waals surface area contributed by atoms with Gasteiger partial charge in [-0.3, -0.25) is 10.1 Å². The Balaban J connectivity index is 2.99. The summed E-state index contributed by atoms with van der Waals surface area (Å²) in [7, 11) is -3.64. The molecule has 0 saturated carbocycles. The van der Waals surface area contributed by atoms with Gasteiger partial charge in [-0.1, -0.05) is 6.07 Å². The maximum atomic E-state index is 11.8. The number of non-ortho nitro benzene ring substituents is 1. The monoisotopic (exact) mass is 259 g/mol. The van der Waals surface area contributed by atoms with Crippen LogP contribution in [0.15, 0.2) is 29.2 Å². The second-order valence-corrected chi connectivity index (χ2v) is 5.64. The maximum Gasteiger partial charge on any atom is 0.270 e. The number of hydrogen-bond acceptors (Lipinski definition) is 5. The molecule has 1 aromatic carbocycles. The molecule has 0 aliphatic heterocycles. The summed E-state index contributed by atoms with van der Waals surface area (Å²) in [5, 5.41) is 10.5. The topological polar surface area (TPSA) is 86.5 Å². The first-order valence-corrected chi connectivity index (χ1v) is 6.57. The van der Waals surface area contributed by atoms with Crippen LogP contribution in [-0.2, 0) is 14.6 Å². The van der Waals surface area contributed by atoms with Crippen molar-refractivity contribution in [3.05, 3.63) is 34.4 Å². The predicted molar refractivity (Wildman–Crippen MR) is 61.4 cm³/mol.